The first kappa shape index (κ1) is 8.39. The standard InChI is InChI=1S/C5H11NO3/c1-2-5(7)9-8-4-3-6/h2-4,6H2,1H3. The van der Waals surface area contributed by atoms with E-state index in [9.17, 15) is 4.79 Å². The fraction of sp³-hybridized carbons (Fsp3) is 0.800. The van der Waals surface area contributed by atoms with Gasteiger partial charge in [0.05, 0.1) is 0 Å². The third kappa shape index (κ3) is 5.26. The van der Waals surface area contributed by atoms with Gasteiger partial charge in [-0.05, 0) is 0 Å². The van der Waals surface area contributed by atoms with Crippen LogP contribution in [-0.2, 0) is 14.6 Å². The molecule has 0 radical (unpaired) electrons. The highest BCUT2D eigenvalue weighted by Gasteiger charge is 1.96. The van der Waals surface area contributed by atoms with Crippen molar-refractivity contribution in [3.8, 4) is 0 Å². The van der Waals surface area contributed by atoms with Crippen LogP contribution in [0, 0.1) is 0 Å². The van der Waals surface area contributed by atoms with Crippen LogP contribution in [-0.4, -0.2) is 19.1 Å². The van der Waals surface area contributed by atoms with Crippen molar-refractivity contribution >= 4 is 5.97 Å². The largest absolute Gasteiger partial charge is 0.342 e. The van der Waals surface area contributed by atoms with Crippen LogP contribution in [0.1, 0.15) is 13.3 Å². The van der Waals surface area contributed by atoms with Gasteiger partial charge in [0.15, 0.2) is 0 Å². The zero-order valence-electron chi connectivity index (χ0n) is 5.42. The van der Waals surface area contributed by atoms with Gasteiger partial charge in [0, 0.05) is 13.0 Å². The predicted molar refractivity (Wildman–Crippen MR) is 31.4 cm³/mol. The number of nitrogens with two attached hydrogens (primary N) is 1. The van der Waals surface area contributed by atoms with Crippen molar-refractivity contribution in [1.29, 1.82) is 0 Å². The molecule has 0 amide bonds. The Morgan fingerprint density at radius 2 is 2.33 bits per heavy atom. The molecule has 0 aliphatic heterocycles. The van der Waals surface area contributed by atoms with E-state index >= 15 is 0 Å². The molecule has 0 aliphatic rings. The minimum Gasteiger partial charge on any atom is -0.328 e. The average Bonchev–Trinajstić information content (AvgIpc) is 1.89. The first-order valence-corrected chi connectivity index (χ1v) is 2.83. The molecule has 2 N–H and O–H groups in total. The molecular weight excluding hydrogens is 122 g/mol. The molecule has 0 spiro atoms. The smallest absolute Gasteiger partial charge is 0.328 e. The van der Waals surface area contributed by atoms with Gasteiger partial charge in [-0.3, -0.25) is 4.89 Å². The normalized spacial score (nSPS) is 9.11. The molecule has 9 heavy (non-hydrogen) atoms. The molecule has 0 bridgehead atoms. The number of hydrogen-bond acceptors (Lipinski definition) is 4. The Balaban J connectivity index is 2.97. The van der Waals surface area contributed by atoms with Gasteiger partial charge in [-0.1, -0.05) is 6.92 Å². The quantitative estimate of drug-likeness (QED) is 0.328. The maximum atomic E-state index is 10.3. The summed E-state index contributed by atoms with van der Waals surface area (Å²) in [4.78, 5) is 18.9. The Bertz CT molecular complexity index is 84.3. The zero-order valence-corrected chi connectivity index (χ0v) is 5.42. The van der Waals surface area contributed by atoms with Crippen LogP contribution < -0.4 is 5.73 Å². The minimum atomic E-state index is -0.372. The van der Waals surface area contributed by atoms with Crippen molar-refractivity contribution in [2.45, 2.75) is 13.3 Å². The Morgan fingerprint density at radius 1 is 1.67 bits per heavy atom. The molecule has 0 aromatic heterocycles. The van der Waals surface area contributed by atoms with Crippen molar-refractivity contribution in [1.82, 2.24) is 0 Å². The van der Waals surface area contributed by atoms with Gasteiger partial charge >= 0.3 is 5.97 Å². The molecule has 0 aliphatic carbocycles. The van der Waals surface area contributed by atoms with Crippen LogP contribution in [0.2, 0.25) is 0 Å². The fourth-order valence-corrected chi connectivity index (χ4v) is 0.214. The zero-order chi connectivity index (χ0) is 7.11. The molecule has 0 atom stereocenters. The van der Waals surface area contributed by atoms with E-state index in [4.69, 9.17) is 5.73 Å². The molecule has 0 saturated heterocycles. The van der Waals surface area contributed by atoms with Crippen molar-refractivity contribution in [3.05, 3.63) is 0 Å². The van der Waals surface area contributed by atoms with E-state index in [1.54, 1.807) is 6.92 Å². The lowest BCUT2D eigenvalue weighted by Crippen LogP contribution is -2.11. The summed E-state index contributed by atoms with van der Waals surface area (Å²) < 4.78 is 0. The van der Waals surface area contributed by atoms with Gasteiger partial charge in [0.1, 0.15) is 6.61 Å². The maximum absolute atomic E-state index is 10.3. The van der Waals surface area contributed by atoms with E-state index in [1.807, 2.05) is 0 Å². The first-order chi connectivity index (χ1) is 4.31. The Kier molecular flexibility index (Phi) is 5.15. The van der Waals surface area contributed by atoms with Crippen molar-refractivity contribution < 1.29 is 14.6 Å². The summed E-state index contributed by atoms with van der Waals surface area (Å²) in [6, 6.07) is 0. The van der Waals surface area contributed by atoms with Gasteiger partial charge in [0.2, 0.25) is 0 Å². The number of hydrogen-bond donors (Lipinski definition) is 1. The average molecular weight is 133 g/mol. The Hall–Kier alpha value is -0.610. The van der Waals surface area contributed by atoms with Gasteiger partial charge in [-0.25, -0.2) is 4.79 Å². The lowest BCUT2D eigenvalue weighted by atomic mass is 10.5. The molecular formula is C5H11NO3. The van der Waals surface area contributed by atoms with E-state index in [0.29, 0.717) is 13.0 Å². The third-order valence-electron chi connectivity index (χ3n) is 0.642. The number of carbonyl (C=O) groups excluding carboxylic acids is 1. The highest BCUT2D eigenvalue weighted by molar-refractivity contribution is 5.68. The lowest BCUT2D eigenvalue weighted by Gasteiger charge is -1.98. The monoisotopic (exact) mass is 133 g/mol. The molecule has 0 aromatic rings. The summed E-state index contributed by atoms with van der Waals surface area (Å²) in [5.41, 5.74) is 5.04. The summed E-state index contributed by atoms with van der Waals surface area (Å²) in [5.74, 6) is -0.372. The summed E-state index contributed by atoms with van der Waals surface area (Å²) in [6.07, 6.45) is 0.324. The van der Waals surface area contributed by atoms with E-state index in [1.165, 1.54) is 0 Å². The van der Waals surface area contributed by atoms with Crippen LogP contribution in [0.25, 0.3) is 0 Å². The highest BCUT2D eigenvalue weighted by Crippen LogP contribution is 1.83. The molecule has 54 valence electrons. The Labute approximate surface area is 53.9 Å². The third-order valence-corrected chi connectivity index (χ3v) is 0.642. The van der Waals surface area contributed by atoms with Gasteiger partial charge in [-0.2, -0.15) is 4.89 Å². The fourth-order valence-electron chi connectivity index (χ4n) is 0.214. The first-order valence-electron chi connectivity index (χ1n) is 2.83. The van der Waals surface area contributed by atoms with Crippen molar-refractivity contribution in [3.63, 3.8) is 0 Å². The highest BCUT2D eigenvalue weighted by atomic mass is 17.2. The second-order valence-corrected chi connectivity index (χ2v) is 1.42. The molecule has 0 saturated carbocycles. The van der Waals surface area contributed by atoms with Crippen LogP contribution in [0.3, 0.4) is 0 Å². The van der Waals surface area contributed by atoms with Crippen LogP contribution >= 0.6 is 0 Å². The van der Waals surface area contributed by atoms with Gasteiger partial charge in [0.25, 0.3) is 0 Å². The van der Waals surface area contributed by atoms with Crippen LogP contribution in [0.5, 0.6) is 0 Å². The van der Waals surface area contributed by atoms with Crippen molar-refractivity contribution in [2.24, 2.45) is 5.73 Å². The molecule has 0 heterocycles. The van der Waals surface area contributed by atoms with Gasteiger partial charge in [-0.15, -0.1) is 0 Å². The summed E-state index contributed by atoms with van der Waals surface area (Å²) in [5, 5.41) is 0. The molecule has 4 heteroatoms. The second-order valence-electron chi connectivity index (χ2n) is 1.42. The molecule has 0 fully saturated rings. The van der Waals surface area contributed by atoms with Crippen LogP contribution in [0.15, 0.2) is 0 Å². The predicted octanol–water partition coefficient (Wildman–Crippen LogP) is -0.170. The maximum Gasteiger partial charge on any atom is 0.342 e. The molecule has 0 unspecified atom stereocenters. The SMILES string of the molecule is CCC(=O)OOCCN. The minimum absolute atomic E-state index is 0.256. The van der Waals surface area contributed by atoms with Crippen LogP contribution in [0.4, 0.5) is 0 Å². The van der Waals surface area contributed by atoms with E-state index in [0.717, 1.165) is 0 Å². The summed E-state index contributed by atoms with van der Waals surface area (Å²) in [7, 11) is 0. The van der Waals surface area contributed by atoms with Crippen molar-refractivity contribution in [2.75, 3.05) is 13.2 Å². The van der Waals surface area contributed by atoms with E-state index in [2.05, 4.69) is 9.78 Å². The number of carbonyl (C=O) groups is 1. The summed E-state index contributed by atoms with van der Waals surface area (Å²) >= 11 is 0. The second kappa shape index (κ2) is 5.53. The molecule has 0 aromatic carbocycles. The van der Waals surface area contributed by atoms with E-state index in [-0.39, 0.29) is 12.6 Å². The topological polar surface area (TPSA) is 61.5 Å². The summed E-state index contributed by atoms with van der Waals surface area (Å²) in [6.45, 7) is 2.30. The Morgan fingerprint density at radius 3 is 2.78 bits per heavy atom. The lowest BCUT2D eigenvalue weighted by molar-refractivity contribution is -0.270. The molecule has 4 nitrogen and oxygen atoms in total. The van der Waals surface area contributed by atoms with E-state index < -0.39 is 0 Å². The molecule has 0 rings (SSSR count). The number of rotatable bonds is 4. The van der Waals surface area contributed by atoms with Gasteiger partial charge < -0.3 is 5.73 Å².